The maximum Gasteiger partial charge on any atom is 0.327 e. The van der Waals surface area contributed by atoms with Crippen LogP contribution in [-0.4, -0.2) is 29.7 Å². The molecule has 0 unspecified atom stereocenters. The van der Waals surface area contributed by atoms with Crippen LogP contribution in [0, 0.1) is 0 Å². The first-order chi connectivity index (χ1) is 8.61. The van der Waals surface area contributed by atoms with Gasteiger partial charge in [-0.25, -0.2) is 9.78 Å². The summed E-state index contributed by atoms with van der Waals surface area (Å²) in [4.78, 5) is 34.0. The van der Waals surface area contributed by atoms with E-state index in [1.54, 1.807) is 10.9 Å². The number of anilines is 1. The number of imidazole rings is 1. The van der Waals surface area contributed by atoms with Crippen LogP contribution < -0.4 is 17.0 Å². The Morgan fingerprint density at radius 3 is 2.83 bits per heavy atom. The van der Waals surface area contributed by atoms with Crippen molar-refractivity contribution in [2.45, 2.75) is 6.54 Å². The van der Waals surface area contributed by atoms with Crippen molar-refractivity contribution in [3.8, 4) is 0 Å². The zero-order valence-electron chi connectivity index (χ0n) is 9.10. The smallest absolute Gasteiger partial charge is 0.327 e. The molecule has 9 heteroatoms. The van der Waals surface area contributed by atoms with E-state index in [1.807, 2.05) is 0 Å². The average Bonchev–Trinajstić information content (AvgIpc) is 2.85. The van der Waals surface area contributed by atoms with E-state index in [9.17, 15) is 9.59 Å². The van der Waals surface area contributed by atoms with Crippen molar-refractivity contribution in [2.75, 3.05) is 5.73 Å². The van der Waals surface area contributed by atoms with Gasteiger partial charge in [-0.05, 0) is 0 Å². The van der Waals surface area contributed by atoms with E-state index in [1.165, 1.54) is 6.20 Å². The molecule has 5 N–H and O–H groups in total. The number of nitrogens with zero attached hydrogens (tertiary/aromatic N) is 3. The summed E-state index contributed by atoms with van der Waals surface area (Å²) in [7, 11) is 0. The zero-order valence-corrected chi connectivity index (χ0v) is 9.10. The Balaban J connectivity index is 2.06. The van der Waals surface area contributed by atoms with E-state index in [0.29, 0.717) is 18.1 Å². The molecule has 0 atom stereocenters. The summed E-state index contributed by atoms with van der Waals surface area (Å²) in [5.41, 5.74) is 5.43. The van der Waals surface area contributed by atoms with Gasteiger partial charge in [0.2, 0.25) is 0 Å². The lowest BCUT2D eigenvalue weighted by atomic mass is 10.5. The summed E-state index contributed by atoms with van der Waals surface area (Å²) in [6.45, 7) is 0.327. The fraction of sp³-hybridized carbons (Fsp3) is 0.111. The Kier molecular flexibility index (Phi) is 2.06. The lowest BCUT2D eigenvalue weighted by molar-refractivity contribution is 0.663. The molecule has 0 radical (unpaired) electrons. The first-order valence-corrected chi connectivity index (χ1v) is 5.11. The molecule has 0 fully saturated rings. The quantitative estimate of drug-likeness (QED) is 0.449. The fourth-order valence-corrected chi connectivity index (χ4v) is 1.68. The van der Waals surface area contributed by atoms with Gasteiger partial charge < -0.3 is 10.7 Å². The number of rotatable bonds is 2. The number of nitrogens with one attached hydrogen (secondary N) is 3. The molecule has 18 heavy (non-hydrogen) atoms. The number of nitrogen functional groups attached to an aromatic ring is 1. The molecule has 0 saturated carbocycles. The molecule has 0 aliphatic carbocycles. The molecule has 3 heterocycles. The predicted octanol–water partition coefficient (Wildman–Crippen LogP) is -1.23. The Hall–Kier alpha value is -2.84. The molecule has 92 valence electrons. The second-order valence-corrected chi connectivity index (χ2v) is 3.79. The van der Waals surface area contributed by atoms with Crippen molar-refractivity contribution in [3.05, 3.63) is 39.1 Å². The van der Waals surface area contributed by atoms with Gasteiger partial charge in [-0.2, -0.15) is 5.10 Å². The van der Waals surface area contributed by atoms with Gasteiger partial charge in [0.05, 0.1) is 18.4 Å². The van der Waals surface area contributed by atoms with Crippen LogP contribution >= 0.6 is 0 Å². The van der Waals surface area contributed by atoms with Crippen LogP contribution in [0.1, 0.15) is 5.82 Å². The lowest BCUT2D eigenvalue weighted by Crippen LogP contribution is -2.21. The number of nitrogens with two attached hydrogens (primary N) is 1. The van der Waals surface area contributed by atoms with Gasteiger partial charge >= 0.3 is 5.69 Å². The zero-order chi connectivity index (χ0) is 12.7. The van der Waals surface area contributed by atoms with Crippen molar-refractivity contribution in [2.24, 2.45) is 0 Å². The highest BCUT2D eigenvalue weighted by atomic mass is 16.2. The Bertz CT molecular complexity index is 821. The van der Waals surface area contributed by atoms with Crippen molar-refractivity contribution in [3.63, 3.8) is 0 Å². The molecular formula is C9H9N7O2. The van der Waals surface area contributed by atoms with Crippen LogP contribution in [0.5, 0.6) is 0 Å². The first-order valence-electron chi connectivity index (χ1n) is 5.11. The second kappa shape index (κ2) is 3.58. The minimum atomic E-state index is -0.589. The van der Waals surface area contributed by atoms with Crippen LogP contribution in [-0.2, 0) is 6.54 Å². The number of H-pyrrole nitrogens is 3. The number of aromatic nitrogens is 6. The molecule has 0 aliphatic heterocycles. The summed E-state index contributed by atoms with van der Waals surface area (Å²) < 4.78 is 1.57. The minimum absolute atomic E-state index is 0.221. The first kappa shape index (κ1) is 10.3. The molecule has 0 bridgehead atoms. The molecule has 9 nitrogen and oxygen atoms in total. The summed E-state index contributed by atoms with van der Waals surface area (Å²) in [6, 6.07) is 0. The highest BCUT2D eigenvalue weighted by molar-refractivity contribution is 5.68. The molecule has 3 aromatic heterocycles. The van der Waals surface area contributed by atoms with Crippen LogP contribution in [0.2, 0.25) is 0 Å². The van der Waals surface area contributed by atoms with Crippen molar-refractivity contribution in [1.29, 1.82) is 0 Å². The molecule has 3 rings (SSSR count). The molecule has 0 amide bonds. The predicted molar refractivity (Wildman–Crippen MR) is 63.1 cm³/mol. The molecule has 0 saturated heterocycles. The molecule has 3 aromatic rings. The van der Waals surface area contributed by atoms with Crippen molar-refractivity contribution < 1.29 is 0 Å². The highest BCUT2D eigenvalue weighted by Gasteiger charge is 2.08. The maximum atomic E-state index is 11.5. The standard InChI is InChI=1S/C9H9N7O2/c10-4-1-11-16(2-4)3-5-12-6-7(13-5)14-9(18)15-8(6)17/h1-2H,3,10H2,(H3,12,13,14,15,17,18). The van der Waals surface area contributed by atoms with Gasteiger partial charge in [-0.1, -0.05) is 0 Å². The third-order valence-corrected chi connectivity index (χ3v) is 2.40. The Morgan fingerprint density at radius 2 is 2.11 bits per heavy atom. The third-order valence-electron chi connectivity index (χ3n) is 2.40. The number of aromatic amines is 3. The van der Waals surface area contributed by atoms with Crippen molar-refractivity contribution >= 4 is 16.9 Å². The minimum Gasteiger partial charge on any atom is -0.396 e. The van der Waals surface area contributed by atoms with Crippen LogP contribution in [0.4, 0.5) is 5.69 Å². The lowest BCUT2D eigenvalue weighted by Gasteiger charge is -1.95. The normalized spacial score (nSPS) is 11.1. The SMILES string of the molecule is Nc1cnn(Cc2nc3[nH]c(=O)[nH]c(=O)c3[nH]2)c1. The average molecular weight is 247 g/mol. The fourth-order valence-electron chi connectivity index (χ4n) is 1.68. The van der Waals surface area contributed by atoms with Crippen LogP contribution in [0.15, 0.2) is 22.0 Å². The van der Waals surface area contributed by atoms with Gasteiger partial charge in [0.1, 0.15) is 11.3 Å². The highest BCUT2D eigenvalue weighted by Crippen LogP contribution is 2.04. The number of hydrogen-bond donors (Lipinski definition) is 4. The van der Waals surface area contributed by atoms with Gasteiger partial charge in [0.25, 0.3) is 5.56 Å². The van der Waals surface area contributed by atoms with Gasteiger partial charge in [-0.3, -0.25) is 19.4 Å². The van der Waals surface area contributed by atoms with Gasteiger partial charge in [0, 0.05) is 6.20 Å². The monoisotopic (exact) mass is 247 g/mol. The van der Waals surface area contributed by atoms with Gasteiger partial charge in [0.15, 0.2) is 5.65 Å². The van der Waals surface area contributed by atoms with E-state index in [2.05, 4.69) is 25.0 Å². The van der Waals surface area contributed by atoms with E-state index in [-0.39, 0.29) is 11.2 Å². The summed E-state index contributed by atoms with van der Waals surface area (Å²) in [6.07, 6.45) is 3.15. The third kappa shape index (κ3) is 1.67. The summed E-state index contributed by atoms with van der Waals surface area (Å²) in [5, 5.41) is 4.00. The summed E-state index contributed by atoms with van der Waals surface area (Å²) >= 11 is 0. The summed E-state index contributed by atoms with van der Waals surface area (Å²) in [5.74, 6) is 0.500. The van der Waals surface area contributed by atoms with E-state index >= 15 is 0 Å². The second-order valence-electron chi connectivity index (χ2n) is 3.79. The molecule has 0 aliphatic rings. The van der Waals surface area contributed by atoms with E-state index in [4.69, 9.17) is 5.73 Å². The molecular weight excluding hydrogens is 238 g/mol. The Labute approximate surface area is 98.7 Å². The van der Waals surface area contributed by atoms with Crippen LogP contribution in [0.3, 0.4) is 0 Å². The maximum absolute atomic E-state index is 11.5. The topological polar surface area (TPSA) is 138 Å². The largest absolute Gasteiger partial charge is 0.396 e. The Morgan fingerprint density at radius 1 is 1.28 bits per heavy atom. The number of hydrogen-bond acceptors (Lipinski definition) is 5. The molecule has 0 spiro atoms. The van der Waals surface area contributed by atoms with E-state index < -0.39 is 11.2 Å². The van der Waals surface area contributed by atoms with Crippen molar-refractivity contribution in [1.82, 2.24) is 29.7 Å². The van der Waals surface area contributed by atoms with Gasteiger partial charge in [-0.15, -0.1) is 0 Å². The van der Waals surface area contributed by atoms with Crippen LogP contribution in [0.25, 0.3) is 11.2 Å². The molecule has 0 aromatic carbocycles. The number of fused-ring (bicyclic) bond motifs is 1. The van der Waals surface area contributed by atoms with E-state index in [0.717, 1.165) is 0 Å².